The van der Waals surface area contributed by atoms with Crippen LogP contribution in [0.3, 0.4) is 0 Å². The molecule has 0 spiro atoms. The van der Waals surface area contributed by atoms with Gasteiger partial charge in [-0.25, -0.2) is 13.1 Å². The van der Waals surface area contributed by atoms with Crippen molar-refractivity contribution in [2.24, 2.45) is 7.05 Å². The molecule has 0 saturated heterocycles. The number of nitrogens with zero attached hydrogens (tertiary/aromatic N) is 2. The van der Waals surface area contributed by atoms with Crippen molar-refractivity contribution in [1.29, 1.82) is 0 Å². The van der Waals surface area contributed by atoms with Gasteiger partial charge in [0.2, 0.25) is 0 Å². The lowest BCUT2D eigenvalue weighted by molar-refractivity contribution is 0.600. The lowest BCUT2D eigenvalue weighted by Gasteiger charge is -2.09. The zero-order valence-electron chi connectivity index (χ0n) is 10.7. The third-order valence-corrected chi connectivity index (χ3v) is 4.40. The summed E-state index contributed by atoms with van der Waals surface area (Å²) in [5.74, 6) is 0.193. The fraction of sp³-hybridized carbons (Fsp3) is 0.182. The summed E-state index contributed by atoms with van der Waals surface area (Å²) in [7, 11) is -2.26. The van der Waals surface area contributed by atoms with E-state index in [1.165, 1.54) is 22.9 Å². The van der Waals surface area contributed by atoms with Crippen molar-refractivity contribution in [3.05, 3.63) is 33.9 Å². The average molecular weight is 335 g/mol. The first-order valence-electron chi connectivity index (χ1n) is 5.48. The van der Waals surface area contributed by atoms with E-state index in [9.17, 15) is 8.42 Å². The lowest BCUT2D eigenvalue weighted by Crippen LogP contribution is -2.16. The molecule has 9 heteroatoms. The molecular weight excluding hydrogens is 323 g/mol. The molecule has 3 N–H and O–H groups in total. The maximum absolute atomic E-state index is 12.3. The molecular formula is C11H12Cl2N4O2S. The van der Waals surface area contributed by atoms with Crippen LogP contribution in [0.15, 0.2) is 23.1 Å². The van der Waals surface area contributed by atoms with E-state index in [-0.39, 0.29) is 26.4 Å². The number of anilines is 2. The van der Waals surface area contributed by atoms with Gasteiger partial charge in [0, 0.05) is 17.1 Å². The Balaban J connectivity index is 2.46. The Morgan fingerprint density at radius 2 is 1.80 bits per heavy atom. The highest BCUT2D eigenvalue weighted by atomic mass is 35.5. The second kappa shape index (κ2) is 5.16. The molecule has 0 amide bonds. The van der Waals surface area contributed by atoms with Crippen molar-refractivity contribution in [2.45, 2.75) is 11.8 Å². The van der Waals surface area contributed by atoms with Crippen LogP contribution in [0.4, 0.5) is 11.5 Å². The van der Waals surface area contributed by atoms with Gasteiger partial charge in [-0.05, 0) is 25.1 Å². The van der Waals surface area contributed by atoms with Gasteiger partial charge in [-0.3, -0.25) is 4.72 Å². The fourth-order valence-electron chi connectivity index (χ4n) is 1.67. The van der Waals surface area contributed by atoms with E-state index in [4.69, 9.17) is 28.9 Å². The number of benzene rings is 1. The Bertz CT molecular complexity index is 751. The number of aryl methyl sites for hydroxylation is 2. The number of rotatable bonds is 3. The SMILES string of the molecule is Cc1nn(C)c(NS(=O)(=O)c2cc(Cl)cc(Cl)c2)c1N. The summed E-state index contributed by atoms with van der Waals surface area (Å²) < 4.78 is 28.3. The van der Waals surface area contributed by atoms with E-state index in [1.807, 2.05) is 0 Å². The zero-order valence-corrected chi connectivity index (χ0v) is 13.0. The molecule has 20 heavy (non-hydrogen) atoms. The Hall–Kier alpha value is -1.44. The number of halogens is 2. The van der Waals surface area contributed by atoms with Crippen LogP contribution in [-0.4, -0.2) is 18.2 Å². The molecule has 0 saturated carbocycles. The minimum Gasteiger partial charge on any atom is -0.394 e. The van der Waals surface area contributed by atoms with Crippen LogP contribution < -0.4 is 10.5 Å². The summed E-state index contributed by atoms with van der Waals surface area (Å²) in [5.41, 5.74) is 6.59. The van der Waals surface area contributed by atoms with Crippen LogP contribution in [0.5, 0.6) is 0 Å². The number of aromatic nitrogens is 2. The van der Waals surface area contributed by atoms with Gasteiger partial charge >= 0.3 is 0 Å². The highest BCUT2D eigenvalue weighted by Gasteiger charge is 2.20. The van der Waals surface area contributed by atoms with E-state index in [0.29, 0.717) is 5.69 Å². The quantitative estimate of drug-likeness (QED) is 0.901. The van der Waals surface area contributed by atoms with Gasteiger partial charge in [0.15, 0.2) is 5.82 Å². The van der Waals surface area contributed by atoms with Gasteiger partial charge < -0.3 is 5.73 Å². The highest BCUT2D eigenvalue weighted by Crippen LogP contribution is 2.27. The first kappa shape index (κ1) is 15.0. The van der Waals surface area contributed by atoms with Gasteiger partial charge in [0.05, 0.1) is 16.3 Å². The third-order valence-electron chi connectivity index (χ3n) is 2.65. The van der Waals surface area contributed by atoms with Gasteiger partial charge in [0.1, 0.15) is 0 Å². The van der Waals surface area contributed by atoms with Gasteiger partial charge in [-0.1, -0.05) is 23.2 Å². The molecule has 1 aromatic carbocycles. The predicted molar refractivity (Wildman–Crippen MR) is 79.6 cm³/mol. The monoisotopic (exact) mass is 334 g/mol. The van der Waals surface area contributed by atoms with Crippen LogP contribution in [0, 0.1) is 6.92 Å². The van der Waals surface area contributed by atoms with E-state index in [1.54, 1.807) is 14.0 Å². The summed E-state index contributed by atoms with van der Waals surface area (Å²) in [4.78, 5) is -0.0479. The molecule has 0 aliphatic rings. The second-order valence-corrected chi connectivity index (χ2v) is 6.74. The smallest absolute Gasteiger partial charge is 0.263 e. The number of sulfonamides is 1. The number of nitrogens with two attached hydrogens (primary N) is 1. The van der Waals surface area contributed by atoms with Crippen LogP contribution in [0.25, 0.3) is 0 Å². The molecule has 0 atom stereocenters. The summed E-state index contributed by atoms with van der Waals surface area (Å²) in [6.07, 6.45) is 0. The van der Waals surface area contributed by atoms with E-state index < -0.39 is 10.0 Å². The largest absolute Gasteiger partial charge is 0.394 e. The maximum atomic E-state index is 12.3. The lowest BCUT2D eigenvalue weighted by atomic mass is 10.4. The molecule has 2 rings (SSSR count). The predicted octanol–water partition coefficient (Wildman–Crippen LogP) is 2.42. The van der Waals surface area contributed by atoms with Crippen molar-refractivity contribution in [1.82, 2.24) is 9.78 Å². The number of hydrogen-bond donors (Lipinski definition) is 2. The molecule has 0 bridgehead atoms. The Labute approximate surface area is 126 Å². The maximum Gasteiger partial charge on any atom is 0.263 e. The highest BCUT2D eigenvalue weighted by molar-refractivity contribution is 7.92. The van der Waals surface area contributed by atoms with Gasteiger partial charge in [0.25, 0.3) is 10.0 Å². The Morgan fingerprint density at radius 1 is 1.25 bits per heavy atom. The van der Waals surface area contributed by atoms with Crippen LogP contribution in [0.1, 0.15) is 5.69 Å². The fourth-order valence-corrected chi connectivity index (χ4v) is 3.50. The molecule has 0 aliphatic carbocycles. The molecule has 1 heterocycles. The summed E-state index contributed by atoms with van der Waals surface area (Å²) in [6, 6.07) is 4.05. The van der Waals surface area contributed by atoms with Crippen molar-refractivity contribution in [3.63, 3.8) is 0 Å². The van der Waals surface area contributed by atoms with E-state index >= 15 is 0 Å². The first-order valence-corrected chi connectivity index (χ1v) is 7.72. The Kier molecular flexibility index (Phi) is 3.86. The summed E-state index contributed by atoms with van der Waals surface area (Å²) >= 11 is 11.6. The van der Waals surface area contributed by atoms with E-state index in [0.717, 1.165) is 0 Å². The summed E-state index contributed by atoms with van der Waals surface area (Å²) in [6.45, 7) is 1.68. The van der Waals surface area contributed by atoms with Gasteiger partial charge in [-0.15, -0.1) is 0 Å². The number of nitrogens with one attached hydrogen (secondary N) is 1. The standard InChI is InChI=1S/C11H12Cl2N4O2S/c1-6-10(14)11(17(2)15-6)16-20(18,19)9-4-7(12)3-8(13)5-9/h3-5,16H,14H2,1-2H3. The molecule has 6 nitrogen and oxygen atoms in total. The van der Waals surface area contributed by atoms with Crippen molar-refractivity contribution >= 4 is 44.7 Å². The number of hydrogen-bond acceptors (Lipinski definition) is 4. The van der Waals surface area contributed by atoms with Crippen molar-refractivity contribution in [3.8, 4) is 0 Å². The second-order valence-electron chi connectivity index (χ2n) is 4.18. The van der Waals surface area contributed by atoms with Crippen molar-refractivity contribution < 1.29 is 8.42 Å². The Morgan fingerprint density at radius 3 is 2.25 bits per heavy atom. The zero-order chi connectivity index (χ0) is 15.1. The minimum atomic E-state index is -3.85. The first-order chi connectivity index (χ1) is 9.20. The van der Waals surface area contributed by atoms with Crippen LogP contribution in [-0.2, 0) is 17.1 Å². The van der Waals surface area contributed by atoms with Crippen LogP contribution in [0.2, 0.25) is 10.0 Å². The molecule has 0 fully saturated rings. The molecule has 2 aromatic rings. The van der Waals surface area contributed by atoms with Crippen molar-refractivity contribution in [2.75, 3.05) is 10.5 Å². The minimum absolute atomic E-state index is 0.0479. The van der Waals surface area contributed by atoms with Crippen LogP contribution >= 0.6 is 23.2 Å². The normalized spacial score (nSPS) is 11.6. The molecule has 0 aliphatic heterocycles. The molecule has 108 valence electrons. The van der Waals surface area contributed by atoms with E-state index in [2.05, 4.69) is 9.82 Å². The summed E-state index contributed by atoms with van der Waals surface area (Å²) in [5, 5.41) is 4.49. The third kappa shape index (κ3) is 2.84. The molecule has 1 aromatic heterocycles. The molecule has 0 radical (unpaired) electrons. The topological polar surface area (TPSA) is 90.0 Å². The number of nitrogen functional groups attached to an aromatic ring is 1. The molecule has 0 unspecified atom stereocenters. The van der Waals surface area contributed by atoms with Gasteiger partial charge in [-0.2, -0.15) is 5.10 Å². The average Bonchev–Trinajstić information content (AvgIpc) is 2.54.